The van der Waals surface area contributed by atoms with E-state index in [9.17, 15) is 4.79 Å². The third-order valence-corrected chi connectivity index (χ3v) is 4.72. The van der Waals surface area contributed by atoms with Crippen LogP contribution in [0.5, 0.6) is 0 Å². The molecule has 0 aliphatic carbocycles. The third-order valence-electron chi connectivity index (χ3n) is 4.41. The van der Waals surface area contributed by atoms with Gasteiger partial charge in [0.2, 0.25) is 5.91 Å². The van der Waals surface area contributed by atoms with E-state index in [1.165, 1.54) is 5.56 Å². The zero-order chi connectivity index (χ0) is 19.2. The molecule has 0 radical (unpaired) electrons. The standard InChI is InChI=1S/C23H23ClN2O/c1-16-8-11-19(12-9-16)23(18-6-4-3-5-7-18)25-15-22(27)26-21-13-10-17(2)14-20(21)24/h3-14,23,25H,15H2,1-2H3,(H,26,27)/t23-/m0/s1. The Hall–Kier alpha value is -2.62. The molecule has 1 amide bonds. The van der Waals surface area contributed by atoms with Crippen LogP contribution in [-0.2, 0) is 4.79 Å². The van der Waals surface area contributed by atoms with E-state index in [-0.39, 0.29) is 18.5 Å². The number of carbonyl (C=O) groups excluding carboxylic acids is 1. The van der Waals surface area contributed by atoms with Gasteiger partial charge in [0.15, 0.2) is 0 Å². The molecule has 3 aromatic rings. The first-order valence-electron chi connectivity index (χ1n) is 8.94. The number of amides is 1. The number of benzene rings is 3. The second kappa shape index (κ2) is 8.85. The van der Waals surface area contributed by atoms with Crippen LogP contribution in [0.3, 0.4) is 0 Å². The first-order valence-corrected chi connectivity index (χ1v) is 9.31. The van der Waals surface area contributed by atoms with Gasteiger partial charge in [-0.2, -0.15) is 0 Å². The molecule has 0 spiro atoms. The van der Waals surface area contributed by atoms with Gasteiger partial charge in [-0.1, -0.05) is 77.8 Å². The van der Waals surface area contributed by atoms with Crippen LogP contribution in [0.15, 0.2) is 72.8 Å². The first-order chi connectivity index (χ1) is 13.0. The Bertz CT molecular complexity index is 907. The smallest absolute Gasteiger partial charge is 0.238 e. The van der Waals surface area contributed by atoms with Crippen molar-refractivity contribution < 1.29 is 4.79 Å². The quantitative estimate of drug-likeness (QED) is 0.613. The summed E-state index contributed by atoms with van der Waals surface area (Å²) in [5, 5.41) is 6.78. The van der Waals surface area contributed by atoms with Gasteiger partial charge in [-0.3, -0.25) is 10.1 Å². The van der Waals surface area contributed by atoms with E-state index >= 15 is 0 Å². The molecule has 138 valence electrons. The molecule has 0 fully saturated rings. The predicted octanol–water partition coefficient (Wildman–Crippen LogP) is 5.27. The van der Waals surface area contributed by atoms with Crippen molar-refractivity contribution in [2.75, 3.05) is 11.9 Å². The monoisotopic (exact) mass is 378 g/mol. The maximum Gasteiger partial charge on any atom is 0.238 e. The maximum absolute atomic E-state index is 12.4. The van der Waals surface area contributed by atoms with E-state index in [4.69, 9.17) is 11.6 Å². The van der Waals surface area contributed by atoms with Crippen molar-refractivity contribution in [3.05, 3.63) is 100 Å². The number of hydrogen-bond acceptors (Lipinski definition) is 2. The molecule has 3 aromatic carbocycles. The zero-order valence-corrected chi connectivity index (χ0v) is 16.3. The van der Waals surface area contributed by atoms with Crippen LogP contribution in [0.25, 0.3) is 0 Å². The number of aryl methyl sites for hydroxylation is 2. The third kappa shape index (κ3) is 5.19. The Morgan fingerprint density at radius 2 is 1.52 bits per heavy atom. The molecule has 0 saturated carbocycles. The maximum atomic E-state index is 12.4. The lowest BCUT2D eigenvalue weighted by atomic mass is 9.98. The minimum atomic E-state index is -0.131. The summed E-state index contributed by atoms with van der Waals surface area (Å²) in [6.45, 7) is 4.20. The lowest BCUT2D eigenvalue weighted by Crippen LogP contribution is -2.32. The number of nitrogens with one attached hydrogen (secondary N) is 2. The molecule has 0 saturated heterocycles. The molecule has 0 unspecified atom stereocenters. The first kappa shape index (κ1) is 19.2. The highest BCUT2D eigenvalue weighted by atomic mass is 35.5. The Kier molecular flexibility index (Phi) is 6.28. The predicted molar refractivity (Wildman–Crippen MR) is 112 cm³/mol. The fraction of sp³-hybridized carbons (Fsp3) is 0.174. The number of carbonyl (C=O) groups is 1. The number of rotatable bonds is 6. The van der Waals surface area contributed by atoms with E-state index in [0.717, 1.165) is 16.7 Å². The van der Waals surface area contributed by atoms with Crippen molar-refractivity contribution >= 4 is 23.2 Å². The largest absolute Gasteiger partial charge is 0.324 e. The van der Waals surface area contributed by atoms with Crippen LogP contribution in [0, 0.1) is 13.8 Å². The van der Waals surface area contributed by atoms with Crippen LogP contribution in [0.2, 0.25) is 5.02 Å². The molecule has 27 heavy (non-hydrogen) atoms. The van der Waals surface area contributed by atoms with Gasteiger partial charge in [-0.05, 0) is 42.7 Å². The van der Waals surface area contributed by atoms with Gasteiger partial charge in [0.1, 0.15) is 0 Å². The van der Waals surface area contributed by atoms with Gasteiger partial charge in [-0.15, -0.1) is 0 Å². The highest BCUT2D eigenvalue weighted by Gasteiger charge is 2.15. The molecule has 3 nitrogen and oxygen atoms in total. The van der Waals surface area contributed by atoms with E-state index < -0.39 is 0 Å². The van der Waals surface area contributed by atoms with Crippen molar-refractivity contribution in [2.45, 2.75) is 19.9 Å². The molecule has 2 N–H and O–H groups in total. The summed E-state index contributed by atoms with van der Waals surface area (Å²) in [7, 11) is 0. The lowest BCUT2D eigenvalue weighted by molar-refractivity contribution is -0.115. The normalized spacial score (nSPS) is 11.8. The van der Waals surface area contributed by atoms with Gasteiger partial charge in [-0.25, -0.2) is 0 Å². The second-order valence-electron chi connectivity index (χ2n) is 6.67. The van der Waals surface area contributed by atoms with Crippen LogP contribution in [-0.4, -0.2) is 12.5 Å². The fourth-order valence-electron chi connectivity index (χ4n) is 2.94. The fourth-order valence-corrected chi connectivity index (χ4v) is 3.23. The highest BCUT2D eigenvalue weighted by Crippen LogP contribution is 2.24. The summed E-state index contributed by atoms with van der Waals surface area (Å²) in [6, 6.07) is 24.0. The molecule has 4 heteroatoms. The van der Waals surface area contributed by atoms with E-state index in [2.05, 4.69) is 54.0 Å². The number of hydrogen-bond donors (Lipinski definition) is 2. The topological polar surface area (TPSA) is 41.1 Å². The summed E-state index contributed by atoms with van der Waals surface area (Å²) in [5.74, 6) is -0.131. The van der Waals surface area contributed by atoms with Crippen molar-refractivity contribution in [3.8, 4) is 0 Å². The van der Waals surface area contributed by atoms with Gasteiger partial charge in [0.25, 0.3) is 0 Å². The van der Waals surface area contributed by atoms with Crippen LogP contribution in [0.4, 0.5) is 5.69 Å². The average Bonchev–Trinajstić information content (AvgIpc) is 2.66. The van der Waals surface area contributed by atoms with Gasteiger partial charge >= 0.3 is 0 Å². The molecule has 3 rings (SSSR count). The van der Waals surface area contributed by atoms with E-state index in [1.54, 1.807) is 0 Å². The van der Waals surface area contributed by atoms with Crippen LogP contribution >= 0.6 is 11.6 Å². The molecule has 0 aliphatic rings. The van der Waals surface area contributed by atoms with Crippen molar-refractivity contribution in [2.24, 2.45) is 0 Å². The Labute approximate surface area is 165 Å². The van der Waals surface area contributed by atoms with Crippen molar-refractivity contribution in [1.82, 2.24) is 5.32 Å². The summed E-state index contributed by atoms with van der Waals surface area (Å²) in [6.07, 6.45) is 0. The van der Waals surface area contributed by atoms with Crippen LogP contribution in [0.1, 0.15) is 28.3 Å². The molecule has 0 aromatic heterocycles. The zero-order valence-electron chi connectivity index (χ0n) is 15.5. The van der Waals surface area contributed by atoms with Gasteiger partial charge in [0, 0.05) is 0 Å². The Balaban J connectivity index is 1.72. The molecule has 0 aliphatic heterocycles. The Morgan fingerprint density at radius 3 is 2.19 bits per heavy atom. The summed E-state index contributed by atoms with van der Waals surface area (Å²) >= 11 is 6.21. The minimum Gasteiger partial charge on any atom is -0.324 e. The summed E-state index contributed by atoms with van der Waals surface area (Å²) in [4.78, 5) is 12.4. The average molecular weight is 379 g/mol. The minimum absolute atomic E-state index is 0.0639. The molecular formula is C23H23ClN2O. The molecule has 0 heterocycles. The molecule has 1 atom stereocenters. The molecule has 0 bridgehead atoms. The van der Waals surface area contributed by atoms with Crippen molar-refractivity contribution in [3.63, 3.8) is 0 Å². The van der Waals surface area contributed by atoms with E-state index in [0.29, 0.717) is 10.7 Å². The molecular weight excluding hydrogens is 356 g/mol. The number of halogens is 1. The van der Waals surface area contributed by atoms with E-state index in [1.807, 2.05) is 43.3 Å². The highest BCUT2D eigenvalue weighted by molar-refractivity contribution is 6.33. The Morgan fingerprint density at radius 1 is 0.889 bits per heavy atom. The summed E-state index contributed by atoms with van der Waals surface area (Å²) in [5.41, 5.74) is 5.12. The SMILES string of the molecule is Cc1ccc([C@@H](NCC(=O)Nc2ccc(C)cc2Cl)c2ccccc2)cc1. The van der Waals surface area contributed by atoms with Gasteiger partial charge < -0.3 is 5.32 Å². The number of anilines is 1. The van der Waals surface area contributed by atoms with Crippen molar-refractivity contribution in [1.29, 1.82) is 0 Å². The lowest BCUT2D eigenvalue weighted by Gasteiger charge is -2.20. The second-order valence-corrected chi connectivity index (χ2v) is 7.07. The van der Waals surface area contributed by atoms with Crippen LogP contribution < -0.4 is 10.6 Å². The summed E-state index contributed by atoms with van der Waals surface area (Å²) < 4.78 is 0. The van der Waals surface area contributed by atoms with Gasteiger partial charge in [0.05, 0.1) is 23.3 Å².